The first-order valence-electron chi connectivity index (χ1n) is 10.8. The third-order valence-corrected chi connectivity index (χ3v) is 5.44. The minimum absolute atomic E-state index is 0. The minimum atomic E-state index is 0. The molecule has 0 spiro atoms. The monoisotopic (exact) mass is 554 g/mol. The predicted octanol–water partition coefficient (Wildman–Crippen LogP) is 2.51. The molecular weight excluding hydrogens is 519 g/mol. The van der Waals surface area contributed by atoms with Gasteiger partial charge >= 0.3 is 0 Å². The Hall–Kier alpha value is -2.11. The van der Waals surface area contributed by atoms with Crippen molar-refractivity contribution in [2.75, 3.05) is 52.3 Å². The second-order valence-corrected chi connectivity index (χ2v) is 7.82. The van der Waals surface area contributed by atoms with Crippen LogP contribution in [0.3, 0.4) is 0 Å². The lowest BCUT2D eigenvalue weighted by molar-refractivity contribution is -0.116. The van der Waals surface area contributed by atoms with Gasteiger partial charge in [0.1, 0.15) is 0 Å². The zero-order valence-corrected chi connectivity index (χ0v) is 21.5. The number of morpholine rings is 1. The van der Waals surface area contributed by atoms with Crippen molar-refractivity contribution < 1.29 is 9.53 Å². The Morgan fingerprint density at radius 2 is 2.00 bits per heavy atom. The van der Waals surface area contributed by atoms with E-state index in [0.29, 0.717) is 13.0 Å². The van der Waals surface area contributed by atoms with E-state index in [1.165, 1.54) is 5.69 Å². The van der Waals surface area contributed by atoms with Crippen LogP contribution in [-0.2, 0) is 29.7 Å². The summed E-state index contributed by atoms with van der Waals surface area (Å²) in [5.74, 6) is 0.857. The largest absolute Gasteiger partial charge is 0.379 e. The molecule has 8 nitrogen and oxygen atoms in total. The van der Waals surface area contributed by atoms with Crippen molar-refractivity contribution >= 4 is 41.5 Å². The van der Waals surface area contributed by atoms with Crippen molar-refractivity contribution in [3.63, 3.8) is 0 Å². The highest BCUT2D eigenvalue weighted by Crippen LogP contribution is 2.12. The van der Waals surface area contributed by atoms with Crippen LogP contribution in [-0.4, -0.2) is 73.2 Å². The molecule has 1 aliphatic rings. The summed E-state index contributed by atoms with van der Waals surface area (Å²) in [5.41, 5.74) is 3.12. The second-order valence-electron chi connectivity index (χ2n) is 7.82. The minimum Gasteiger partial charge on any atom is -0.379 e. The number of aromatic nitrogens is 1. The van der Waals surface area contributed by atoms with Crippen molar-refractivity contribution in [2.45, 2.75) is 19.5 Å². The predicted molar refractivity (Wildman–Crippen MR) is 139 cm³/mol. The molecule has 9 heteroatoms. The molecule has 0 aliphatic carbocycles. The number of nitrogens with zero attached hydrogens (tertiary/aromatic N) is 4. The van der Waals surface area contributed by atoms with E-state index in [2.05, 4.69) is 36.1 Å². The highest BCUT2D eigenvalue weighted by Gasteiger charge is 2.12. The third kappa shape index (κ3) is 8.10. The molecule has 2 aromatic rings. The topological polar surface area (TPSA) is 74.1 Å². The molecule has 0 unspecified atom stereocenters. The molecule has 0 atom stereocenters. The second kappa shape index (κ2) is 13.4. The van der Waals surface area contributed by atoms with E-state index in [-0.39, 0.29) is 29.9 Å². The van der Waals surface area contributed by atoms with Gasteiger partial charge in [0.05, 0.1) is 19.8 Å². The highest BCUT2D eigenvalue weighted by atomic mass is 127. The number of benzene rings is 1. The van der Waals surface area contributed by atoms with E-state index in [1.54, 1.807) is 7.05 Å². The van der Waals surface area contributed by atoms with Crippen LogP contribution in [0.15, 0.2) is 47.6 Å². The first kappa shape index (κ1) is 26.1. The molecule has 3 rings (SSSR count). The average molecular weight is 554 g/mol. The first-order chi connectivity index (χ1) is 15.0. The molecule has 1 aromatic heterocycles. The summed E-state index contributed by atoms with van der Waals surface area (Å²) in [5, 5.41) is 6.42. The van der Waals surface area contributed by atoms with Crippen LogP contribution in [0, 0.1) is 0 Å². The molecule has 1 amide bonds. The number of halogens is 1. The van der Waals surface area contributed by atoms with E-state index in [1.807, 2.05) is 50.6 Å². The van der Waals surface area contributed by atoms with Gasteiger partial charge in [-0.2, -0.15) is 0 Å². The summed E-state index contributed by atoms with van der Waals surface area (Å²) in [4.78, 5) is 21.1. The van der Waals surface area contributed by atoms with Gasteiger partial charge in [0.2, 0.25) is 5.91 Å². The number of hydrogen-bond acceptors (Lipinski definition) is 4. The van der Waals surface area contributed by atoms with Crippen LogP contribution < -0.4 is 10.6 Å². The Morgan fingerprint density at radius 1 is 1.22 bits per heavy atom. The van der Waals surface area contributed by atoms with Gasteiger partial charge in [0.15, 0.2) is 5.96 Å². The Balaban J connectivity index is 0.00000363. The molecule has 1 saturated heterocycles. The summed E-state index contributed by atoms with van der Waals surface area (Å²) in [6.07, 6.45) is 2.53. The van der Waals surface area contributed by atoms with Crippen LogP contribution in [0.4, 0.5) is 5.69 Å². The maximum absolute atomic E-state index is 12.3. The van der Waals surface area contributed by atoms with Crippen LogP contribution in [0.1, 0.15) is 17.7 Å². The van der Waals surface area contributed by atoms with Crippen LogP contribution in [0.2, 0.25) is 0 Å². The van der Waals surface area contributed by atoms with Gasteiger partial charge in [-0.1, -0.05) is 12.1 Å². The van der Waals surface area contributed by atoms with Gasteiger partial charge in [0.25, 0.3) is 0 Å². The molecular formula is C23H35IN6O2. The average Bonchev–Trinajstić information content (AvgIpc) is 3.18. The summed E-state index contributed by atoms with van der Waals surface area (Å²) in [6.45, 7) is 5.45. The lowest BCUT2D eigenvalue weighted by atomic mass is 10.2. The zero-order valence-electron chi connectivity index (χ0n) is 19.2. The van der Waals surface area contributed by atoms with Crippen LogP contribution >= 0.6 is 24.0 Å². The Kier molecular flexibility index (Phi) is 11.0. The van der Waals surface area contributed by atoms with Crippen molar-refractivity contribution in [2.24, 2.45) is 12.0 Å². The number of ether oxygens (including phenoxy) is 1. The number of carbonyl (C=O) groups is 1. The molecule has 176 valence electrons. The van der Waals surface area contributed by atoms with E-state index in [9.17, 15) is 4.79 Å². The van der Waals surface area contributed by atoms with Crippen LogP contribution in [0.5, 0.6) is 0 Å². The number of guanidine groups is 1. The smallest absolute Gasteiger partial charge is 0.225 e. The Bertz CT molecular complexity index is 879. The van der Waals surface area contributed by atoms with Crippen molar-refractivity contribution in [3.05, 3.63) is 53.9 Å². The number of rotatable bonds is 8. The lowest BCUT2D eigenvalue weighted by Crippen LogP contribution is -2.38. The Labute approximate surface area is 208 Å². The van der Waals surface area contributed by atoms with E-state index in [0.717, 1.165) is 56.6 Å². The fraction of sp³-hybridized carbons (Fsp3) is 0.478. The molecule has 1 aliphatic heterocycles. The molecule has 2 heterocycles. The Morgan fingerprint density at radius 3 is 2.69 bits per heavy atom. The molecule has 0 bridgehead atoms. The maximum Gasteiger partial charge on any atom is 0.225 e. The normalized spacial score (nSPS) is 14.5. The standard InChI is InChI=1S/C23H34N6O2.HI/c1-24-23(28(3)18-21-8-5-10-27(21)2)25-17-19-6-4-7-20(16-19)26-22(30)9-11-29-12-14-31-15-13-29;/h4-8,10,16H,9,11-15,17-18H2,1-3H3,(H,24,25)(H,26,30);1H. The van der Waals surface area contributed by atoms with Crippen molar-refractivity contribution in [1.29, 1.82) is 0 Å². The van der Waals surface area contributed by atoms with Gasteiger partial charge in [-0.15, -0.1) is 24.0 Å². The SMILES string of the molecule is CN=C(NCc1cccc(NC(=O)CCN2CCOCC2)c1)N(C)Cc1cccn1C.I. The fourth-order valence-corrected chi connectivity index (χ4v) is 3.61. The van der Waals surface area contributed by atoms with E-state index < -0.39 is 0 Å². The van der Waals surface area contributed by atoms with Gasteiger partial charge in [-0.3, -0.25) is 14.7 Å². The number of aliphatic imine (C=N–C) groups is 1. The van der Waals surface area contributed by atoms with Gasteiger partial charge in [-0.25, -0.2) is 0 Å². The van der Waals surface area contributed by atoms with E-state index >= 15 is 0 Å². The number of carbonyl (C=O) groups excluding carboxylic acids is 1. The number of anilines is 1. The van der Waals surface area contributed by atoms with E-state index in [4.69, 9.17) is 4.74 Å². The summed E-state index contributed by atoms with van der Waals surface area (Å²) >= 11 is 0. The number of nitrogens with one attached hydrogen (secondary N) is 2. The quantitative estimate of drug-likeness (QED) is 0.298. The molecule has 0 saturated carbocycles. The third-order valence-electron chi connectivity index (χ3n) is 5.44. The lowest BCUT2D eigenvalue weighted by Gasteiger charge is -2.26. The summed E-state index contributed by atoms with van der Waals surface area (Å²) < 4.78 is 7.45. The molecule has 32 heavy (non-hydrogen) atoms. The van der Waals surface area contributed by atoms with Crippen molar-refractivity contribution in [1.82, 2.24) is 19.7 Å². The highest BCUT2D eigenvalue weighted by molar-refractivity contribution is 14.0. The first-order valence-corrected chi connectivity index (χ1v) is 10.8. The van der Waals surface area contributed by atoms with Crippen molar-refractivity contribution in [3.8, 4) is 0 Å². The number of aryl methyl sites for hydroxylation is 1. The molecule has 1 aromatic carbocycles. The van der Waals surface area contributed by atoms with Crippen LogP contribution in [0.25, 0.3) is 0 Å². The molecule has 2 N–H and O–H groups in total. The summed E-state index contributed by atoms with van der Waals surface area (Å²) in [7, 11) is 5.85. The van der Waals surface area contributed by atoms with Gasteiger partial charge in [0, 0.05) is 71.3 Å². The fourth-order valence-electron chi connectivity index (χ4n) is 3.61. The maximum atomic E-state index is 12.3. The molecule has 0 radical (unpaired) electrons. The van der Waals surface area contributed by atoms with Gasteiger partial charge in [-0.05, 0) is 29.8 Å². The summed E-state index contributed by atoms with van der Waals surface area (Å²) in [6, 6.07) is 12.1. The zero-order chi connectivity index (χ0) is 22.1. The number of hydrogen-bond donors (Lipinski definition) is 2. The molecule has 1 fully saturated rings. The number of amides is 1. The van der Waals surface area contributed by atoms with Gasteiger partial charge < -0.3 is 24.8 Å².